The average molecular weight is 651 g/mol. The zero-order chi connectivity index (χ0) is 31.2. The van der Waals surface area contributed by atoms with Crippen molar-refractivity contribution in [2.45, 2.75) is 232 Å². The fraction of sp³-hybridized carbons (Fsp3) is 0.947. The minimum Gasteiger partial charge on any atom is -0.550 e. The predicted octanol–water partition coefficient (Wildman–Crippen LogP) is 10.8. The minimum absolute atomic E-state index is 0. The maximum absolute atomic E-state index is 10.2. The van der Waals surface area contributed by atoms with Gasteiger partial charge in [0.05, 0.1) is 0 Å². The van der Waals surface area contributed by atoms with E-state index < -0.39 is 11.9 Å². The van der Waals surface area contributed by atoms with E-state index in [-0.39, 0.29) is 29.9 Å². The Kier molecular flexibility index (Phi) is 47.5. The van der Waals surface area contributed by atoms with E-state index >= 15 is 0 Å². The molecule has 0 atom stereocenters. The van der Waals surface area contributed by atoms with Gasteiger partial charge in [-0.15, -0.1) is 0 Å². The van der Waals surface area contributed by atoms with Crippen LogP contribution in [-0.2, 0) is 26.7 Å². The van der Waals surface area contributed by atoms with Crippen LogP contribution in [0.5, 0.6) is 0 Å². The van der Waals surface area contributed by atoms with E-state index in [4.69, 9.17) is 0 Å². The maximum Gasteiger partial charge on any atom is 2.00 e. The van der Waals surface area contributed by atoms with Crippen LogP contribution in [0.25, 0.3) is 0 Å². The Morgan fingerprint density at radius 1 is 0.302 bits per heavy atom. The largest absolute Gasteiger partial charge is 2.00 e. The molecule has 43 heavy (non-hydrogen) atoms. The van der Waals surface area contributed by atoms with Gasteiger partial charge in [0.2, 0.25) is 0 Å². The first kappa shape index (κ1) is 46.9. The van der Waals surface area contributed by atoms with Crippen molar-refractivity contribution in [3.8, 4) is 0 Å². The first-order valence-electron chi connectivity index (χ1n) is 18.9. The van der Waals surface area contributed by atoms with Gasteiger partial charge in [-0.3, -0.25) is 0 Å². The molecule has 0 aromatic heterocycles. The molecule has 0 aromatic carbocycles. The summed E-state index contributed by atoms with van der Waals surface area (Å²) in [5, 5.41) is 20.5. The van der Waals surface area contributed by atoms with Crippen LogP contribution in [0.15, 0.2) is 0 Å². The van der Waals surface area contributed by atoms with E-state index in [9.17, 15) is 19.8 Å². The second-order valence-electron chi connectivity index (χ2n) is 12.9. The molecule has 0 aliphatic heterocycles. The number of aliphatic carboxylic acids is 2. The molecule has 0 aromatic rings. The molecule has 0 saturated carbocycles. The fourth-order valence-corrected chi connectivity index (χ4v) is 5.63. The van der Waals surface area contributed by atoms with Gasteiger partial charge in [0.25, 0.3) is 0 Å². The van der Waals surface area contributed by atoms with Gasteiger partial charge in [-0.2, -0.15) is 0 Å². The van der Waals surface area contributed by atoms with Crippen molar-refractivity contribution in [1.82, 2.24) is 0 Å². The van der Waals surface area contributed by atoms with Crippen molar-refractivity contribution in [3.63, 3.8) is 0 Å². The Hall–Kier alpha value is -0.541. The number of carboxylic acid groups (broad SMARTS) is 2. The Morgan fingerprint density at radius 3 is 0.581 bits per heavy atom. The smallest absolute Gasteiger partial charge is 0.550 e. The Bertz CT molecular complexity index is 480. The molecule has 0 unspecified atom stereocenters. The van der Waals surface area contributed by atoms with Crippen molar-refractivity contribution >= 4 is 11.9 Å². The molecule has 0 radical (unpaired) electrons. The number of unbranched alkanes of at least 4 members (excludes halogenated alkanes) is 30. The second kappa shape index (κ2) is 43.6. The number of rotatable bonds is 34. The third-order valence-corrected chi connectivity index (χ3v) is 8.47. The van der Waals surface area contributed by atoms with Crippen LogP contribution in [0.2, 0.25) is 0 Å². The van der Waals surface area contributed by atoms with Crippen LogP contribution in [0.1, 0.15) is 232 Å². The maximum atomic E-state index is 10.2. The van der Waals surface area contributed by atoms with Crippen molar-refractivity contribution in [3.05, 3.63) is 0 Å². The first-order valence-corrected chi connectivity index (χ1v) is 18.9. The topological polar surface area (TPSA) is 80.3 Å². The summed E-state index contributed by atoms with van der Waals surface area (Å²) >= 11 is 0. The van der Waals surface area contributed by atoms with Gasteiger partial charge < -0.3 is 19.8 Å². The fourth-order valence-electron chi connectivity index (χ4n) is 5.63. The van der Waals surface area contributed by atoms with Crippen molar-refractivity contribution in [1.29, 1.82) is 0 Å². The summed E-state index contributed by atoms with van der Waals surface area (Å²) in [4.78, 5) is 20.5. The molecule has 0 fully saturated rings. The summed E-state index contributed by atoms with van der Waals surface area (Å²) in [7, 11) is 0. The van der Waals surface area contributed by atoms with E-state index in [1.165, 1.54) is 180 Å². The van der Waals surface area contributed by atoms with Crippen LogP contribution in [0.4, 0.5) is 0 Å². The molecule has 4 nitrogen and oxygen atoms in total. The van der Waals surface area contributed by atoms with E-state index in [0.717, 1.165) is 25.7 Å². The van der Waals surface area contributed by atoms with Gasteiger partial charge in [-0.05, 0) is 25.7 Å². The zero-order valence-corrected chi connectivity index (χ0v) is 30.1. The Morgan fingerprint density at radius 2 is 0.442 bits per heavy atom. The van der Waals surface area contributed by atoms with Gasteiger partial charge >= 0.3 is 17.1 Å². The third kappa shape index (κ3) is 51.3. The molecule has 5 heteroatoms. The molecular formula is C38H74FeO4. The number of hydrogen-bond donors (Lipinski definition) is 0. The molecule has 0 bridgehead atoms. The van der Waals surface area contributed by atoms with Gasteiger partial charge in [0, 0.05) is 11.9 Å². The second-order valence-corrected chi connectivity index (χ2v) is 12.9. The van der Waals surface area contributed by atoms with Crippen LogP contribution in [0, 0.1) is 0 Å². The molecule has 258 valence electrons. The van der Waals surface area contributed by atoms with E-state index in [1.54, 1.807) is 0 Å². The molecule has 0 aliphatic rings. The summed E-state index contributed by atoms with van der Waals surface area (Å²) in [6.07, 6.45) is 42.7. The quantitative estimate of drug-likeness (QED) is 0.0513. The SMILES string of the molecule is CCCCCCCCCCCCCCCCCCC(=O)[O-].CCCCCCCCCCCCCCCCCCC(=O)[O-].[Fe+2]. The Balaban J connectivity index is -0.000000727. The first-order chi connectivity index (χ1) is 20.5. The van der Waals surface area contributed by atoms with Crippen molar-refractivity contribution < 1.29 is 36.9 Å². The number of hydrogen-bond acceptors (Lipinski definition) is 4. The Labute approximate surface area is 280 Å². The number of carbonyl (C=O) groups is 2. The number of carboxylic acids is 2. The summed E-state index contributed by atoms with van der Waals surface area (Å²) in [5.74, 6) is -1.80. The van der Waals surface area contributed by atoms with Crippen LogP contribution in [0.3, 0.4) is 0 Å². The summed E-state index contributed by atoms with van der Waals surface area (Å²) in [6, 6.07) is 0. The van der Waals surface area contributed by atoms with Crippen LogP contribution in [-0.4, -0.2) is 11.9 Å². The van der Waals surface area contributed by atoms with Gasteiger partial charge in [-0.1, -0.05) is 206 Å². The van der Waals surface area contributed by atoms with Gasteiger partial charge in [0.1, 0.15) is 0 Å². The van der Waals surface area contributed by atoms with E-state index in [0.29, 0.717) is 0 Å². The minimum atomic E-state index is -0.902. The van der Waals surface area contributed by atoms with Crippen molar-refractivity contribution in [2.24, 2.45) is 0 Å². The average Bonchev–Trinajstić information content (AvgIpc) is 2.97. The third-order valence-electron chi connectivity index (χ3n) is 8.47. The normalized spacial score (nSPS) is 10.7. The number of carbonyl (C=O) groups excluding carboxylic acids is 2. The molecule has 0 aliphatic carbocycles. The van der Waals surface area contributed by atoms with E-state index in [2.05, 4.69) is 13.8 Å². The monoisotopic (exact) mass is 650 g/mol. The van der Waals surface area contributed by atoms with Crippen LogP contribution >= 0.6 is 0 Å². The molecule has 0 N–H and O–H groups in total. The standard InChI is InChI=1S/2C19H38O2.Fe/c2*1-2-3-4-5-6-7-8-9-10-11-12-13-14-15-16-17-18-19(20)21;/h2*2-18H2,1H3,(H,20,21);/q;;+2/p-2. The summed E-state index contributed by atoms with van der Waals surface area (Å²) < 4.78 is 0. The van der Waals surface area contributed by atoms with E-state index in [1.807, 2.05) is 0 Å². The molecule has 0 rings (SSSR count). The van der Waals surface area contributed by atoms with Gasteiger partial charge in [-0.25, -0.2) is 0 Å². The molecule has 0 spiro atoms. The molecule has 0 amide bonds. The molecular weight excluding hydrogens is 576 g/mol. The van der Waals surface area contributed by atoms with Gasteiger partial charge in [0.15, 0.2) is 0 Å². The summed E-state index contributed by atoms with van der Waals surface area (Å²) in [6.45, 7) is 4.54. The zero-order valence-electron chi connectivity index (χ0n) is 29.0. The summed E-state index contributed by atoms with van der Waals surface area (Å²) in [5.41, 5.74) is 0. The van der Waals surface area contributed by atoms with Crippen molar-refractivity contribution in [2.75, 3.05) is 0 Å². The van der Waals surface area contributed by atoms with Crippen LogP contribution < -0.4 is 10.2 Å². The molecule has 0 saturated heterocycles. The predicted molar refractivity (Wildman–Crippen MR) is 178 cm³/mol. The molecule has 0 heterocycles.